The largest absolute Gasteiger partial charge is 0.294 e. The van der Waals surface area contributed by atoms with E-state index in [1.165, 1.54) is 16.2 Å². The van der Waals surface area contributed by atoms with Crippen LogP contribution in [0.2, 0.25) is 0 Å². The lowest BCUT2D eigenvalue weighted by atomic mass is 10.3. The number of carbonyl (C=O) groups excluding carboxylic acids is 1. The predicted molar refractivity (Wildman–Crippen MR) is 77.9 cm³/mol. The summed E-state index contributed by atoms with van der Waals surface area (Å²) in [6.45, 7) is 4.70. The molecule has 0 spiro atoms. The molecule has 0 unspecified atom stereocenters. The zero-order valence-corrected chi connectivity index (χ0v) is 12.3. The molecule has 0 saturated heterocycles. The minimum atomic E-state index is -0.336. The van der Waals surface area contributed by atoms with Crippen LogP contribution in [0.4, 0.5) is 0 Å². The van der Waals surface area contributed by atoms with Crippen LogP contribution in [-0.4, -0.2) is 22.3 Å². The molecular formula is C12H16N4OS2. The maximum Gasteiger partial charge on any atom is 0.294 e. The standard InChI is InChI=1S/C12H16N4OS2/c1-2-16(7-10-4-3-5-18-10)6-9-8-19-12(14-9)11(17)15-13/h3-5,8H,2,6-7,13H2,1H3,(H,15,17). The number of hydrazine groups is 1. The fraction of sp³-hybridized carbons (Fsp3) is 0.333. The molecule has 2 aromatic heterocycles. The molecule has 0 bridgehead atoms. The number of amides is 1. The van der Waals surface area contributed by atoms with Crippen LogP contribution < -0.4 is 11.3 Å². The number of nitrogens with two attached hydrogens (primary N) is 1. The van der Waals surface area contributed by atoms with Gasteiger partial charge in [-0.1, -0.05) is 13.0 Å². The molecule has 0 saturated carbocycles. The summed E-state index contributed by atoms with van der Waals surface area (Å²) in [6, 6.07) is 4.18. The fourth-order valence-electron chi connectivity index (χ4n) is 1.68. The van der Waals surface area contributed by atoms with Crippen LogP contribution >= 0.6 is 22.7 Å². The Kier molecular flexibility index (Phi) is 5.03. The summed E-state index contributed by atoms with van der Waals surface area (Å²) < 4.78 is 0. The second kappa shape index (κ2) is 6.76. The van der Waals surface area contributed by atoms with E-state index in [0.717, 1.165) is 25.3 Å². The highest BCUT2D eigenvalue weighted by molar-refractivity contribution is 7.11. The number of hydrogen-bond acceptors (Lipinski definition) is 6. The van der Waals surface area contributed by atoms with Crippen LogP contribution in [0.3, 0.4) is 0 Å². The van der Waals surface area contributed by atoms with Crippen LogP contribution in [0, 0.1) is 0 Å². The highest BCUT2D eigenvalue weighted by Gasteiger charge is 2.12. The van der Waals surface area contributed by atoms with Crippen molar-refractivity contribution in [2.24, 2.45) is 5.84 Å². The van der Waals surface area contributed by atoms with Crippen LogP contribution in [0.25, 0.3) is 0 Å². The topological polar surface area (TPSA) is 71.2 Å². The third-order valence-electron chi connectivity index (χ3n) is 2.67. The number of carbonyl (C=O) groups is 1. The van der Waals surface area contributed by atoms with Crippen LogP contribution in [0.5, 0.6) is 0 Å². The Morgan fingerprint density at radius 2 is 2.32 bits per heavy atom. The maximum atomic E-state index is 11.3. The number of aromatic nitrogens is 1. The van der Waals surface area contributed by atoms with E-state index in [4.69, 9.17) is 5.84 Å². The number of thiophene rings is 1. The molecule has 0 aromatic carbocycles. The molecule has 0 fully saturated rings. The summed E-state index contributed by atoms with van der Waals surface area (Å²) >= 11 is 3.07. The fourth-order valence-corrected chi connectivity index (χ4v) is 3.13. The Balaban J connectivity index is 1.98. The Labute approximate surface area is 120 Å². The highest BCUT2D eigenvalue weighted by atomic mass is 32.1. The van der Waals surface area contributed by atoms with Gasteiger partial charge in [0, 0.05) is 23.3 Å². The summed E-state index contributed by atoms with van der Waals surface area (Å²) in [5.74, 6) is 4.75. The molecule has 19 heavy (non-hydrogen) atoms. The smallest absolute Gasteiger partial charge is 0.293 e. The number of nitrogens with one attached hydrogen (secondary N) is 1. The molecule has 1 amide bonds. The second-order valence-corrected chi connectivity index (χ2v) is 5.89. The van der Waals surface area contributed by atoms with E-state index in [1.807, 2.05) is 5.38 Å². The summed E-state index contributed by atoms with van der Waals surface area (Å²) in [5, 5.41) is 4.39. The van der Waals surface area contributed by atoms with Crippen molar-refractivity contribution in [3.8, 4) is 0 Å². The lowest BCUT2D eigenvalue weighted by Gasteiger charge is -2.18. The Morgan fingerprint density at radius 1 is 1.47 bits per heavy atom. The van der Waals surface area contributed by atoms with Crippen molar-refractivity contribution in [3.05, 3.63) is 38.5 Å². The van der Waals surface area contributed by atoms with Gasteiger partial charge in [0.1, 0.15) is 0 Å². The molecule has 2 heterocycles. The molecule has 102 valence electrons. The molecule has 0 atom stereocenters. The summed E-state index contributed by atoms with van der Waals surface area (Å²) in [6.07, 6.45) is 0. The maximum absolute atomic E-state index is 11.3. The number of rotatable bonds is 6. The lowest BCUT2D eigenvalue weighted by molar-refractivity contribution is 0.0953. The van der Waals surface area contributed by atoms with Crippen LogP contribution in [-0.2, 0) is 13.1 Å². The van der Waals surface area contributed by atoms with Crippen molar-refractivity contribution in [3.63, 3.8) is 0 Å². The van der Waals surface area contributed by atoms with E-state index in [-0.39, 0.29) is 5.91 Å². The van der Waals surface area contributed by atoms with Gasteiger partial charge < -0.3 is 0 Å². The van der Waals surface area contributed by atoms with Crippen LogP contribution in [0.15, 0.2) is 22.9 Å². The van der Waals surface area contributed by atoms with Gasteiger partial charge in [-0.25, -0.2) is 10.8 Å². The molecule has 0 radical (unpaired) electrons. The Bertz CT molecular complexity index is 524. The molecule has 2 rings (SSSR count). The zero-order chi connectivity index (χ0) is 13.7. The van der Waals surface area contributed by atoms with Gasteiger partial charge in [0.15, 0.2) is 5.01 Å². The highest BCUT2D eigenvalue weighted by Crippen LogP contribution is 2.16. The molecule has 0 aliphatic rings. The molecule has 0 aliphatic carbocycles. The van der Waals surface area contributed by atoms with E-state index in [1.54, 1.807) is 11.3 Å². The third kappa shape index (κ3) is 3.84. The quantitative estimate of drug-likeness (QED) is 0.485. The van der Waals surface area contributed by atoms with E-state index in [9.17, 15) is 4.79 Å². The van der Waals surface area contributed by atoms with Gasteiger partial charge in [-0.05, 0) is 18.0 Å². The van der Waals surface area contributed by atoms with Crippen LogP contribution in [0.1, 0.15) is 27.3 Å². The van der Waals surface area contributed by atoms with Gasteiger partial charge in [-0.2, -0.15) is 0 Å². The monoisotopic (exact) mass is 296 g/mol. The first-order valence-corrected chi connectivity index (χ1v) is 7.69. The van der Waals surface area contributed by atoms with Gasteiger partial charge in [0.05, 0.1) is 5.69 Å². The third-order valence-corrected chi connectivity index (χ3v) is 4.42. The molecular weight excluding hydrogens is 280 g/mol. The summed E-state index contributed by atoms with van der Waals surface area (Å²) in [5.41, 5.74) is 3.00. The number of hydrogen-bond donors (Lipinski definition) is 2. The Hall–Kier alpha value is -1.28. The van der Waals surface area contributed by atoms with Gasteiger partial charge in [0.25, 0.3) is 5.91 Å². The predicted octanol–water partition coefficient (Wildman–Crippen LogP) is 1.83. The first-order chi connectivity index (χ1) is 9.22. The van der Waals surface area contributed by atoms with Crippen molar-refractivity contribution < 1.29 is 4.79 Å². The lowest BCUT2D eigenvalue weighted by Crippen LogP contribution is -2.30. The number of nitrogens with zero attached hydrogens (tertiary/aromatic N) is 2. The molecule has 7 heteroatoms. The van der Waals surface area contributed by atoms with Gasteiger partial charge in [-0.3, -0.25) is 15.1 Å². The van der Waals surface area contributed by atoms with Crippen molar-refractivity contribution in [2.75, 3.05) is 6.54 Å². The van der Waals surface area contributed by atoms with E-state index in [0.29, 0.717) is 5.01 Å². The summed E-state index contributed by atoms with van der Waals surface area (Å²) in [7, 11) is 0. The minimum absolute atomic E-state index is 0.336. The minimum Gasteiger partial charge on any atom is -0.293 e. The molecule has 3 N–H and O–H groups in total. The van der Waals surface area contributed by atoms with E-state index < -0.39 is 0 Å². The van der Waals surface area contributed by atoms with Crippen molar-refractivity contribution in [2.45, 2.75) is 20.0 Å². The SMILES string of the molecule is CCN(Cc1csc(C(=O)NN)n1)Cc1cccs1. The average Bonchev–Trinajstić information content (AvgIpc) is 3.08. The van der Waals surface area contributed by atoms with Gasteiger partial charge in [0.2, 0.25) is 0 Å². The zero-order valence-electron chi connectivity index (χ0n) is 10.6. The van der Waals surface area contributed by atoms with Crippen molar-refractivity contribution >= 4 is 28.6 Å². The van der Waals surface area contributed by atoms with E-state index in [2.05, 4.69) is 39.7 Å². The Morgan fingerprint density at radius 3 is 2.95 bits per heavy atom. The first-order valence-electron chi connectivity index (χ1n) is 5.93. The average molecular weight is 296 g/mol. The van der Waals surface area contributed by atoms with Gasteiger partial charge >= 0.3 is 0 Å². The molecule has 5 nitrogen and oxygen atoms in total. The van der Waals surface area contributed by atoms with Gasteiger partial charge in [-0.15, -0.1) is 22.7 Å². The van der Waals surface area contributed by atoms with E-state index >= 15 is 0 Å². The number of nitrogen functional groups attached to an aromatic ring is 1. The molecule has 2 aromatic rings. The first kappa shape index (κ1) is 14.1. The van der Waals surface area contributed by atoms with Crippen molar-refractivity contribution in [1.29, 1.82) is 0 Å². The summed E-state index contributed by atoms with van der Waals surface area (Å²) in [4.78, 5) is 19.2. The van der Waals surface area contributed by atoms with Crippen molar-refractivity contribution in [1.82, 2.24) is 15.3 Å². The second-order valence-electron chi connectivity index (χ2n) is 4.00. The normalized spacial score (nSPS) is 10.9. The molecule has 0 aliphatic heterocycles. The number of thiazole rings is 1.